The summed E-state index contributed by atoms with van der Waals surface area (Å²) >= 11 is 1.51. The van der Waals surface area contributed by atoms with Crippen LogP contribution in [0.25, 0.3) is 0 Å². The summed E-state index contributed by atoms with van der Waals surface area (Å²) in [6.07, 6.45) is 1.78. The van der Waals surface area contributed by atoms with Crippen molar-refractivity contribution in [2.75, 3.05) is 5.32 Å². The van der Waals surface area contributed by atoms with Gasteiger partial charge in [0.2, 0.25) is 5.91 Å². The number of amides is 1. The summed E-state index contributed by atoms with van der Waals surface area (Å²) in [7, 11) is 0. The fourth-order valence-corrected chi connectivity index (χ4v) is 2.42. The molecule has 17 heavy (non-hydrogen) atoms. The van der Waals surface area contributed by atoms with Gasteiger partial charge in [-0.2, -0.15) is 0 Å². The Balaban J connectivity index is 2.67. The van der Waals surface area contributed by atoms with Crippen molar-refractivity contribution in [2.45, 2.75) is 46.6 Å². The highest BCUT2D eigenvalue weighted by atomic mass is 32.1. The number of thiazole rings is 1. The number of aryl methyl sites for hydroxylation is 2. The predicted octanol–water partition coefficient (Wildman–Crippen LogP) is 2.33. The number of carbonyl (C=O) groups is 1. The molecule has 3 N–H and O–H groups in total. The summed E-state index contributed by atoms with van der Waals surface area (Å²) in [5.74, 6) is 0.0393. The van der Waals surface area contributed by atoms with Crippen LogP contribution >= 0.6 is 11.3 Å². The Kier molecular flexibility index (Phi) is 5.08. The minimum Gasteiger partial charge on any atom is -0.320 e. The van der Waals surface area contributed by atoms with Crippen LogP contribution in [0, 0.1) is 12.8 Å². The molecule has 2 unspecified atom stereocenters. The minimum atomic E-state index is -0.464. The zero-order valence-electron chi connectivity index (χ0n) is 10.9. The van der Waals surface area contributed by atoms with Gasteiger partial charge in [0.05, 0.1) is 11.7 Å². The predicted molar refractivity (Wildman–Crippen MR) is 72.3 cm³/mol. The Morgan fingerprint density at radius 2 is 2.18 bits per heavy atom. The first-order valence-electron chi connectivity index (χ1n) is 6.02. The van der Waals surface area contributed by atoms with E-state index >= 15 is 0 Å². The van der Waals surface area contributed by atoms with Crippen molar-refractivity contribution >= 4 is 22.4 Å². The van der Waals surface area contributed by atoms with Gasteiger partial charge in [0.15, 0.2) is 5.13 Å². The fraction of sp³-hybridized carbons (Fsp3) is 0.667. The van der Waals surface area contributed by atoms with Crippen LogP contribution in [-0.2, 0) is 11.2 Å². The molecule has 2 atom stereocenters. The molecule has 0 aliphatic heterocycles. The molecule has 0 spiro atoms. The quantitative estimate of drug-likeness (QED) is 0.848. The molecule has 1 aromatic heterocycles. The molecule has 0 bridgehead atoms. The smallest absolute Gasteiger partial charge is 0.243 e. The number of nitrogens with two attached hydrogens (primary N) is 1. The highest BCUT2D eigenvalue weighted by Crippen LogP contribution is 2.22. The zero-order valence-corrected chi connectivity index (χ0v) is 11.7. The number of hydrogen-bond donors (Lipinski definition) is 2. The van der Waals surface area contributed by atoms with Crippen LogP contribution in [0.1, 0.15) is 37.8 Å². The Hall–Kier alpha value is -0.940. The average molecular weight is 255 g/mol. The molecule has 4 nitrogen and oxygen atoms in total. The molecule has 96 valence electrons. The van der Waals surface area contributed by atoms with Gasteiger partial charge in [0, 0.05) is 4.88 Å². The second-order valence-electron chi connectivity index (χ2n) is 4.28. The Morgan fingerprint density at radius 1 is 1.53 bits per heavy atom. The lowest BCUT2D eigenvalue weighted by Gasteiger charge is -2.16. The number of aromatic nitrogens is 1. The van der Waals surface area contributed by atoms with E-state index in [2.05, 4.69) is 17.2 Å². The minimum absolute atomic E-state index is 0.143. The molecular formula is C12H21N3OS. The standard InChI is InChI=1S/C12H21N3OS/c1-5-7(3)10(13)11(16)15-12-14-9(6-2)8(4)17-12/h7,10H,5-6,13H2,1-4H3,(H,14,15,16). The van der Waals surface area contributed by atoms with Gasteiger partial charge in [-0.3, -0.25) is 4.79 Å². The van der Waals surface area contributed by atoms with Crippen LogP contribution in [0.5, 0.6) is 0 Å². The third-order valence-corrected chi connectivity index (χ3v) is 3.95. The second-order valence-corrected chi connectivity index (χ2v) is 5.48. The molecule has 1 aromatic rings. The van der Waals surface area contributed by atoms with E-state index in [1.165, 1.54) is 11.3 Å². The van der Waals surface area contributed by atoms with E-state index < -0.39 is 6.04 Å². The summed E-state index contributed by atoms with van der Waals surface area (Å²) in [4.78, 5) is 17.4. The first kappa shape index (κ1) is 14.1. The molecule has 0 aromatic carbocycles. The van der Waals surface area contributed by atoms with Gasteiger partial charge in [0.1, 0.15) is 0 Å². The van der Waals surface area contributed by atoms with Crippen molar-refractivity contribution in [1.82, 2.24) is 4.98 Å². The van der Waals surface area contributed by atoms with Crippen molar-refractivity contribution in [3.8, 4) is 0 Å². The summed E-state index contributed by atoms with van der Waals surface area (Å²) in [6, 6.07) is -0.464. The molecule has 0 saturated heterocycles. The van der Waals surface area contributed by atoms with Gasteiger partial charge in [-0.15, -0.1) is 11.3 Å². The number of carbonyl (C=O) groups excluding carboxylic acids is 1. The SMILES string of the molecule is CCc1nc(NC(=O)C(N)C(C)CC)sc1C. The maximum Gasteiger partial charge on any atom is 0.243 e. The van der Waals surface area contributed by atoms with Gasteiger partial charge >= 0.3 is 0 Å². The lowest BCUT2D eigenvalue weighted by atomic mass is 10.00. The molecular weight excluding hydrogens is 234 g/mol. The van der Waals surface area contributed by atoms with E-state index in [4.69, 9.17) is 5.73 Å². The Morgan fingerprint density at radius 3 is 2.65 bits per heavy atom. The first-order valence-corrected chi connectivity index (χ1v) is 6.83. The molecule has 0 aliphatic rings. The molecule has 1 heterocycles. The maximum absolute atomic E-state index is 11.9. The molecule has 0 aliphatic carbocycles. The Bertz CT molecular complexity index is 389. The zero-order chi connectivity index (χ0) is 13.0. The van der Waals surface area contributed by atoms with Crippen molar-refractivity contribution in [2.24, 2.45) is 11.7 Å². The molecule has 0 radical (unpaired) electrons. The number of rotatable bonds is 5. The Labute approximate surface area is 107 Å². The third kappa shape index (κ3) is 3.51. The lowest BCUT2D eigenvalue weighted by molar-refractivity contribution is -0.118. The van der Waals surface area contributed by atoms with Gasteiger partial charge in [-0.25, -0.2) is 4.98 Å². The topological polar surface area (TPSA) is 68.0 Å². The molecule has 5 heteroatoms. The largest absolute Gasteiger partial charge is 0.320 e. The van der Waals surface area contributed by atoms with E-state index in [1.54, 1.807) is 0 Å². The molecule has 0 saturated carbocycles. The van der Waals surface area contributed by atoms with Crippen LogP contribution in [0.3, 0.4) is 0 Å². The number of hydrogen-bond acceptors (Lipinski definition) is 4. The van der Waals surface area contributed by atoms with E-state index in [0.717, 1.165) is 23.4 Å². The van der Waals surface area contributed by atoms with Crippen LogP contribution in [-0.4, -0.2) is 16.9 Å². The van der Waals surface area contributed by atoms with Crippen LogP contribution in [0.4, 0.5) is 5.13 Å². The summed E-state index contributed by atoms with van der Waals surface area (Å²) in [5, 5.41) is 3.45. The molecule has 1 amide bonds. The maximum atomic E-state index is 11.9. The van der Waals surface area contributed by atoms with Crippen molar-refractivity contribution in [3.05, 3.63) is 10.6 Å². The van der Waals surface area contributed by atoms with Gasteiger partial charge < -0.3 is 11.1 Å². The van der Waals surface area contributed by atoms with Crippen LogP contribution < -0.4 is 11.1 Å². The van der Waals surface area contributed by atoms with Crippen LogP contribution in [0.15, 0.2) is 0 Å². The van der Waals surface area contributed by atoms with E-state index in [0.29, 0.717) is 5.13 Å². The van der Waals surface area contributed by atoms with E-state index in [1.807, 2.05) is 20.8 Å². The number of nitrogens with one attached hydrogen (secondary N) is 1. The summed E-state index contributed by atoms with van der Waals surface area (Å²) in [5.41, 5.74) is 6.91. The second kappa shape index (κ2) is 6.12. The first-order chi connectivity index (χ1) is 7.99. The van der Waals surface area contributed by atoms with Crippen molar-refractivity contribution in [3.63, 3.8) is 0 Å². The van der Waals surface area contributed by atoms with Crippen molar-refractivity contribution < 1.29 is 4.79 Å². The van der Waals surface area contributed by atoms with Gasteiger partial charge in [-0.05, 0) is 19.3 Å². The monoisotopic (exact) mass is 255 g/mol. The van der Waals surface area contributed by atoms with E-state index in [9.17, 15) is 4.79 Å². The van der Waals surface area contributed by atoms with E-state index in [-0.39, 0.29) is 11.8 Å². The summed E-state index contributed by atoms with van der Waals surface area (Å²) < 4.78 is 0. The molecule has 0 fully saturated rings. The fourth-order valence-electron chi connectivity index (χ4n) is 1.51. The van der Waals surface area contributed by atoms with Gasteiger partial charge in [0.25, 0.3) is 0 Å². The highest BCUT2D eigenvalue weighted by molar-refractivity contribution is 7.15. The van der Waals surface area contributed by atoms with Crippen LogP contribution in [0.2, 0.25) is 0 Å². The molecule has 1 rings (SSSR count). The summed E-state index contributed by atoms with van der Waals surface area (Å²) in [6.45, 7) is 8.08. The van der Waals surface area contributed by atoms with Gasteiger partial charge in [-0.1, -0.05) is 27.2 Å². The average Bonchev–Trinajstić information content (AvgIpc) is 2.67. The lowest BCUT2D eigenvalue weighted by Crippen LogP contribution is -2.40. The normalized spacial score (nSPS) is 14.4. The van der Waals surface area contributed by atoms with Crippen molar-refractivity contribution in [1.29, 1.82) is 0 Å². The number of nitrogens with zero attached hydrogens (tertiary/aromatic N) is 1. The highest BCUT2D eigenvalue weighted by Gasteiger charge is 2.20. The number of anilines is 1. The third-order valence-electron chi connectivity index (χ3n) is 3.02.